The number of hydrogen-bond donors (Lipinski definition) is 1. The monoisotopic (exact) mass is 426 g/mol. The molecule has 1 N–H and O–H groups in total. The second kappa shape index (κ2) is 9.71. The number of nitrogens with one attached hydrogen (secondary N) is 1. The van der Waals surface area contributed by atoms with E-state index in [9.17, 15) is 13.2 Å². The van der Waals surface area contributed by atoms with E-state index in [1.165, 1.54) is 11.8 Å². The lowest BCUT2D eigenvalue weighted by Crippen LogP contribution is -2.23. The maximum absolute atomic E-state index is 12.6. The number of thioether (sulfide) groups is 1. The van der Waals surface area contributed by atoms with Gasteiger partial charge in [-0.2, -0.15) is 0 Å². The van der Waals surface area contributed by atoms with Crippen LogP contribution in [-0.4, -0.2) is 30.8 Å². The molecule has 0 saturated heterocycles. The van der Waals surface area contributed by atoms with Crippen LogP contribution in [0.1, 0.15) is 21.5 Å². The van der Waals surface area contributed by atoms with Crippen LogP contribution in [0.3, 0.4) is 0 Å². The van der Waals surface area contributed by atoms with Crippen LogP contribution in [0.2, 0.25) is 0 Å². The molecule has 1 amide bonds. The van der Waals surface area contributed by atoms with Gasteiger partial charge in [0.1, 0.15) is 5.03 Å². The van der Waals surface area contributed by atoms with Crippen molar-refractivity contribution in [2.45, 2.75) is 23.4 Å². The molecule has 7 heteroatoms. The number of rotatable bonds is 8. The third kappa shape index (κ3) is 5.92. The number of aryl methyl sites for hydroxylation is 1. The van der Waals surface area contributed by atoms with E-state index in [1.807, 2.05) is 31.2 Å². The minimum absolute atomic E-state index is 0.0252. The molecule has 0 unspecified atom stereocenters. The van der Waals surface area contributed by atoms with Gasteiger partial charge >= 0.3 is 0 Å². The first-order valence-corrected chi connectivity index (χ1v) is 11.8. The van der Waals surface area contributed by atoms with Crippen LogP contribution >= 0.6 is 11.8 Å². The summed E-state index contributed by atoms with van der Waals surface area (Å²) in [5.74, 6) is 0.0580. The molecule has 1 aromatic heterocycles. The molecule has 5 nitrogen and oxygen atoms in total. The van der Waals surface area contributed by atoms with Crippen LogP contribution in [0.25, 0.3) is 0 Å². The van der Waals surface area contributed by atoms with Gasteiger partial charge in [0.15, 0.2) is 9.84 Å². The van der Waals surface area contributed by atoms with E-state index in [0.717, 1.165) is 11.1 Å². The molecule has 0 aliphatic rings. The number of carbonyl (C=O) groups is 1. The fourth-order valence-electron chi connectivity index (χ4n) is 2.77. The number of carbonyl (C=O) groups excluding carboxylic acids is 1. The van der Waals surface area contributed by atoms with E-state index in [2.05, 4.69) is 10.3 Å². The Labute approximate surface area is 175 Å². The highest BCUT2D eigenvalue weighted by molar-refractivity contribution is 8.00. The van der Waals surface area contributed by atoms with Crippen molar-refractivity contribution in [1.29, 1.82) is 0 Å². The van der Waals surface area contributed by atoms with Crippen molar-refractivity contribution in [2.24, 2.45) is 0 Å². The molecule has 0 saturated carbocycles. The number of hydrogen-bond acceptors (Lipinski definition) is 5. The first kappa shape index (κ1) is 21.1. The highest BCUT2D eigenvalue weighted by Crippen LogP contribution is 2.22. The van der Waals surface area contributed by atoms with Gasteiger partial charge in [-0.05, 0) is 36.8 Å². The molecule has 29 heavy (non-hydrogen) atoms. The zero-order valence-corrected chi connectivity index (χ0v) is 17.7. The number of nitrogens with zero attached hydrogens (tertiary/aromatic N) is 1. The van der Waals surface area contributed by atoms with E-state index in [-0.39, 0.29) is 11.7 Å². The highest BCUT2D eigenvalue weighted by Gasteiger charge is 2.16. The van der Waals surface area contributed by atoms with Crippen LogP contribution in [0.4, 0.5) is 0 Å². The first-order valence-electron chi connectivity index (χ1n) is 9.15. The number of sulfone groups is 1. The van der Waals surface area contributed by atoms with Crippen molar-refractivity contribution >= 4 is 27.5 Å². The van der Waals surface area contributed by atoms with Crippen LogP contribution < -0.4 is 5.32 Å². The summed E-state index contributed by atoms with van der Waals surface area (Å²) in [6, 6.07) is 19.7. The minimum Gasteiger partial charge on any atom is -0.348 e. The molecule has 150 valence electrons. The van der Waals surface area contributed by atoms with Gasteiger partial charge in [-0.15, -0.1) is 11.8 Å². The highest BCUT2D eigenvalue weighted by atomic mass is 32.2. The van der Waals surface area contributed by atoms with Gasteiger partial charge in [0.05, 0.1) is 16.2 Å². The molecule has 0 fully saturated rings. The van der Waals surface area contributed by atoms with Crippen LogP contribution in [-0.2, 0) is 16.4 Å². The molecule has 0 aliphatic heterocycles. The topological polar surface area (TPSA) is 76.1 Å². The van der Waals surface area contributed by atoms with Gasteiger partial charge in [-0.1, -0.05) is 48.0 Å². The zero-order chi connectivity index (χ0) is 20.7. The average molecular weight is 427 g/mol. The smallest absolute Gasteiger partial charge is 0.254 e. The summed E-state index contributed by atoms with van der Waals surface area (Å²) in [6.07, 6.45) is 1.60. The maximum Gasteiger partial charge on any atom is 0.254 e. The summed E-state index contributed by atoms with van der Waals surface area (Å²) >= 11 is 1.27. The number of amides is 1. The summed E-state index contributed by atoms with van der Waals surface area (Å²) in [6.45, 7) is 2.42. The SMILES string of the molecule is Cc1cccc(CNC(=O)c2cccnc2SCCS(=O)(=O)c2ccccc2)c1. The molecule has 0 aliphatic carbocycles. The van der Waals surface area contributed by atoms with Crippen molar-refractivity contribution in [2.75, 3.05) is 11.5 Å². The third-order valence-corrected chi connectivity index (χ3v) is 7.24. The molecular formula is C22H22N2O3S2. The molecule has 0 radical (unpaired) electrons. The molecule has 0 spiro atoms. The molecule has 2 aromatic carbocycles. The summed E-state index contributed by atoms with van der Waals surface area (Å²) in [5.41, 5.74) is 2.60. The molecule has 3 aromatic rings. The quantitative estimate of drug-likeness (QED) is 0.553. The summed E-state index contributed by atoms with van der Waals surface area (Å²) in [5, 5.41) is 3.43. The number of pyridine rings is 1. The number of benzene rings is 2. The predicted molar refractivity (Wildman–Crippen MR) is 116 cm³/mol. The predicted octanol–water partition coefficient (Wildman–Crippen LogP) is 3.89. The van der Waals surface area contributed by atoms with E-state index in [1.54, 1.807) is 48.7 Å². The van der Waals surface area contributed by atoms with Crippen molar-refractivity contribution in [3.05, 3.63) is 89.6 Å². The second-order valence-electron chi connectivity index (χ2n) is 6.51. The fraction of sp³-hybridized carbons (Fsp3) is 0.182. The Morgan fingerprint density at radius 3 is 2.59 bits per heavy atom. The molecular weight excluding hydrogens is 404 g/mol. The van der Waals surface area contributed by atoms with Crippen LogP contribution in [0.15, 0.2) is 82.8 Å². The summed E-state index contributed by atoms with van der Waals surface area (Å²) in [4.78, 5) is 17.2. The molecule has 0 atom stereocenters. The van der Waals surface area contributed by atoms with E-state index in [0.29, 0.717) is 27.8 Å². The standard InChI is InChI=1S/C22H22N2O3S2/c1-17-7-5-8-18(15-17)16-24-21(25)20-11-6-12-23-22(20)28-13-14-29(26,27)19-9-3-2-4-10-19/h2-12,15H,13-14,16H2,1H3,(H,24,25). The van der Waals surface area contributed by atoms with Crippen molar-refractivity contribution in [1.82, 2.24) is 10.3 Å². The van der Waals surface area contributed by atoms with E-state index >= 15 is 0 Å². The van der Waals surface area contributed by atoms with Gasteiger partial charge in [-0.25, -0.2) is 13.4 Å². The fourth-order valence-corrected chi connectivity index (χ4v) is 5.44. The zero-order valence-electron chi connectivity index (χ0n) is 16.0. The Morgan fingerprint density at radius 2 is 1.83 bits per heavy atom. The third-order valence-electron chi connectivity index (χ3n) is 4.24. The van der Waals surface area contributed by atoms with Crippen molar-refractivity contribution in [3.63, 3.8) is 0 Å². The Hall–Kier alpha value is -2.64. The minimum atomic E-state index is -3.36. The van der Waals surface area contributed by atoms with Gasteiger partial charge < -0.3 is 5.32 Å². The lowest BCUT2D eigenvalue weighted by Gasteiger charge is -2.10. The van der Waals surface area contributed by atoms with Gasteiger partial charge in [0.2, 0.25) is 0 Å². The lowest BCUT2D eigenvalue weighted by molar-refractivity contribution is 0.0947. The second-order valence-corrected chi connectivity index (χ2v) is 9.70. The van der Waals surface area contributed by atoms with E-state index < -0.39 is 9.84 Å². The van der Waals surface area contributed by atoms with Gasteiger partial charge in [0, 0.05) is 18.5 Å². The Kier molecular flexibility index (Phi) is 7.06. The summed E-state index contributed by atoms with van der Waals surface area (Å²) < 4.78 is 24.8. The van der Waals surface area contributed by atoms with Crippen molar-refractivity contribution < 1.29 is 13.2 Å². The van der Waals surface area contributed by atoms with Crippen molar-refractivity contribution in [3.8, 4) is 0 Å². The Bertz CT molecular complexity index is 1080. The van der Waals surface area contributed by atoms with Gasteiger partial charge in [0.25, 0.3) is 5.91 Å². The maximum atomic E-state index is 12.6. The largest absolute Gasteiger partial charge is 0.348 e. The molecule has 0 bridgehead atoms. The van der Waals surface area contributed by atoms with E-state index in [4.69, 9.17) is 0 Å². The lowest BCUT2D eigenvalue weighted by atomic mass is 10.1. The van der Waals surface area contributed by atoms with Gasteiger partial charge in [-0.3, -0.25) is 4.79 Å². The molecule has 3 rings (SSSR count). The molecule has 1 heterocycles. The normalized spacial score (nSPS) is 11.2. The van der Waals surface area contributed by atoms with Crippen LogP contribution in [0, 0.1) is 6.92 Å². The Balaban J connectivity index is 1.62. The average Bonchev–Trinajstić information content (AvgIpc) is 2.73. The Morgan fingerprint density at radius 1 is 1.03 bits per heavy atom. The number of aromatic nitrogens is 1. The first-order chi connectivity index (χ1) is 14.0. The summed E-state index contributed by atoms with van der Waals surface area (Å²) in [7, 11) is -3.36. The van der Waals surface area contributed by atoms with Crippen LogP contribution in [0.5, 0.6) is 0 Å².